The highest BCUT2D eigenvalue weighted by Crippen LogP contribution is 2.13. The van der Waals surface area contributed by atoms with Gasteiger partial charge in [-0.1, -0.05) is 60.7 Å². The van der Waals surface area contributed by atoms with Crippen molar-refractivity contribution in [3.63, 3.8) is 0 Å². The minimum atomic E-state index is 0.0458. The van der Waals surface area contributed by atoms with Gasteiger partial charge in [-0.15, -0.1) is 0 Å². The van der Waals surface area contributed by atoms with E-state index in [1.807, 2.05) is 24.3 Å². The van der Waals surface area contributed by atoms with Crippen LogP contribution >= 0.6 is 0 Å². The number of ketones is 1. The number of nitrogens with zero attached hydrogens (tertiary/aromatic N) is 2. The van der Waals surface area contributed by atoms with Crippen LogP contribution in [-0.2, 0) is 19.6 Å². The molecule has 3 aromatic rings. The lowest BCUT2D eigenvalue weighted by Gasteiger charge is -2.22. The Kier molecular flexibility index (Phi) is 5.70. The van der Waals surface area contributed by atoms with Gasteiger partial charge in [0.2, 0.25) is 0 Å². The molecule has 1 heterocycles. The Bertz CT molecular complexity index is 757. The van der Waals surface area contributed by atoms with Crippen molar-refractivity contribution in [2.75, 3.05) is 0 Å². The molecule has 3 rings (SSSR count). The first-order chi connectivity index (χ1) is 12.2. The molecule has 0 aliphatic heterocycles. The Labute approximate surface area is 149 Å². The van der Waals surface area contributed by atoms with Crippen molar-refractivity contribution in [2.45, 2.75) is 26.6 Å². The predicted octanol–water partition coefficient (Wildman–Crippen LogP) is 4.49. The smallest absolute Gasteiger partial charge is 0.161 e. The standard InChI is InChI=1S/C22H22N2O/c1-18(25)21-12-13-22(23-14-21)17-24(15-19-8-4-2-5-9-19)16-20-10-6-3-7-11-20/h2-14H,15-17H2,1H3. The summed E-state index contributed by atoms with van der Waals surface area (Å²) in [7, 11) is 0. The Morgan fingerprint density at radius 1 is 0.800 bits per heavy atom. The van der Waals surface area contributed by atoms with Crippen molar-refractivity contribution >= 4 is 5.78 Å². The Morgan fingerprint density at radius 3 is 1.80 bits per heavy atom. The fourth-order valence-electron chi connectivity index (χ4n) is 2.81. The van der Waals surface area contributed by atoms with Crippen molar-refractivity contribution in [3.8, 4) is 0 Å². The molecule has 3 nitrogen and oxygen atoms in total. The van der Waals surface area contributed by atoms with Gasteiger partial charge in [0.1, 0.15) is 0 Å². The first kappa shape index (κ1) is 17.1. The first-order valence-corrected chi connectivity index (χ1v) is 8.47. The molecule has 0 radical (unpaired) electrons. The topological polar surface area (TPSA) is 33.2 Å². The summed E-state index contributed by atoms with van der Waals surface area (Å²) in [5.41, 5.74) is 4.18. The molecule has 0 saturated carbocycles. The van der Waals surface area contributed by atoms with E-state index >= 15 is 0 Å². The van der Waals surface area contributed by atoms with Crippen LogP contribution in [0.2, 0.25) is 0 Å². The van der Waals surface area contributed by atoms with Gasteiger partial charge < -0.3 is 0 Å². The largest absolute Gasteiger partial charge is 0.294 e. The molecule has 126 valence electrons. The number of Topliss-reactive ketones (excluding diaryl/α,β-unsaturated/α-hetero) is 1. The summed E-state index contributed by atoms with van der Waals surface area (Å²) in [6.07, 6.45) is 1.67. The third-order valence-corrected chi connectivity index (χ3v) is 4.11. The summed E-state index contributed by atoms with van der Waals surface area (Å²) in [5.74, 6) is 0.0458. The molecule has 0 N–H and O–H groups in total. The average molecular weight is 330 g/mol. The monoisotopic (exact) mass is 330 g/mol. The number of carbonyl (C=O) groups excluding carboxylic acids is 1. The molecule has 0 fully saturated rings. The third-order valence-electron chi connectivity index (χ3n) is 4.11. The molecule has 0 amide bonds. The molecular weight excluding hydrogens is 308 g/mol. The van der Waals surface area contributed by atoms with Crippen LogP contribution in [0.25, 0.3) is 0 Å². The zero-order valence-electron chi connectivity index (χ0n) is 14.4. The van der Waals surface area contributed by atoms with Crippen molar-refractivity contribution in [1.29, 1.82) is 0 Å². The second kappa shape index (κ2) is 8.36. The number of pyridine rings is 1. The molecule has 0 spiro atoms. The maximum absolute atomic E-state index is 11.4. The van der Waals surface area contributed by atoms with E-state index in [1.165, 1.54) is 11.1 Å². The number of benzene rings is 2. The summed E-state index contributed by atoms with van der Waals surface area (Å²) in [4.78, 5) is 18.2. The maximum Gasteiger partial charge on any atom is 0.161 e. The van der Waals surface area contributed by atoms with Crippen molar-refractivity contribution < 1.29 is 4.79 Å². The van der Waals surface area contributed by atoms with Crippen molar-refractivity contribution in [3.05, 3.63) is 101 Å². The van der Waals surface area contributed by atoms with Crippen molar-refractivity contribution in [2.24, 2.45) is 0 Å². The van der Waals surface area contributed by atoms with Gasteiger partial charge in [0.25, 0.3) is 0 Å². The van der Waals surface area contributed by atoms with E-state index in [9.17, 15) is 4.79 Å². The highest BCUT2D eigenvalue weighted by Gasteiger charge is 2.10. The van der Waals surface area contributed by atoms with E-state index in [4.69, 9.17) is 0 Å². The van der Waals surface area contributed by atoms with E-state index in [-0.39, 0.29) is 5.78 Å². The molecule has 25 heavy (non-hydrogen) atoms. The zero-order valence-corrected chi connectivity index (χ0v) is 14.4. The van der Waals surface area contributed by atoms with E-state index in [0.29, 0.717) is 5.56 Å². The van der Waals surface area contributed by atoms with Gasteiger partial charge in [0.15, 0.2) is 5.78 Å². The van der Waals surface area contributed by atoms with E-state index in [0.717, 1.165) is 25.3 Å². The van der Waals surface area contributed by atoms with Crippen LogP contribution in [0.1, 0.15) is 34.1 Å². The van der Waals surface area contributed by atoms with E-state index in [1.54, 1.807) is 13.1 Å². The minimum Gasteiger partial charge on any atom is -0.294 e. The normalized spacial score (nSPS) is 10.8. The zero-order chi connectivity index (χ0) is 17.5. The van der Waals surface area contributed by atoms with Crippen LogP contribution in [0.5, 0.6) is 0 Å². The Balaban J connectivity index is 1.76. The molecular formula is C22H22N2O. The fraction of sp³-hybridized carbons (Fsp3) is 0.182. The number of carbonyl (C=O) groups is 1. The fourth-order valence-corrected chi connectivity index (χ4v) is 2.81. The summed E-state index contributed by atoms with van der Waals surface area (Å²) < 4.78 is 0. The SMILES string of the molecule is CC(=O)c1ccc(CN(Cc2ccccc2)Cc2ccccc2)nc1. The predicted molar refractivity (Wildman–Crippen MR) is 100 cm³/mol. The average Bonchev–Trinajstić information content (AvgIpc) is 2.64. The highest BCUT2D eigenvalue weighted by atomic mass is 16.1. The van der Waals surface area contributed by atoms with Crippen LogP contribution in [0.4, 0.5) is 0 Å². The lowest BCUT2D eigenvalue weighted by Crippen LogP contribution is -2.23. The highest BCUT2D eigenvalue weighted by molar-refractivity contribution is 5.93. The number of rotatable bonds is 7. The van der Waals surface area contributed by atoms with E-state index in [2.05, 4.69) is 58.4 Å². The molecule has 0 atom stereocenters. The molecule has 0 saturated heterocycles. The molecule has 2 aromatic carbocycles. The second-order valence-corrected chi connectivity index (χ2v) is 6.21. The molecule has 0 aliphatic carbocycles. The first-order valence-electron chi connectivity index (χ1n) is 8.47. The van der Waals surface area contributed by atoms with Crippen LogP contribution in [0.15, 0.2) is 79.0 Å². The van der Waals surface area contributed by atoms with Crippen molar-refractivity contribution in [1.82, 2.24) is 9.88 Å². The molecule has 0 unspecified atom stereocenters. The second-order valence-electron chi connectivity index (χ2n) is 6.21. The summed E-state index contributed by atoms with van der Waals surface area (Å²) >= 11 is 0. The summed E-state index contributed by atoms with van der Waals surface area (Å²) in [6, 6.07) is 24.7. The quantitative estimate of drug-likeness (QED) is 0.599. The van der Waals surface area contributed by atoms with Gasteiger partial charge in [0, 0.05) is 31.4 Å². The molecule has 0 aliphatic rings. The number of hydrogen-bond acceptors (Lipinski definition) is 3. The van der Waals surface area contributed by atoms with Gasteiger partial charge in [-0.05, 0) is 30.2 Å². The van der Waals surface area contributed by atoms with Gasteiger partial charge in [-0.25, -0.2) is 0 Å². The van der Waals surface area contributed by atoms with Crippen LogP contribution < -0.4 is 0 Å². The van der Waals surface area contributed by atoms with Crippen LogP contribution in [-0.4, -0.2) is 15.7 Å². The van der Waals surface area contributed by atoms with E-state index < -0.39 is 0 Å². The van der Waals surface area contributed by atoms with Gasteiger partial charge in [0.05, 0.1) is 5.69 Å². The van der Waals surface area contributed by atoms with Crippen LogP contribution in [0, 0.1) is 0 Å². The lowest BCUT2D eigenvalue weighted by molar-refractivity contribution is 0.101. The molecule has 3 heteroatoms. The third kappa shape index (κ3) is 5.10. The minimum absolute atomic E-state index is 0.0458. The number of aromatic nitrogens is 1. The lowest BCUT2D eigenvalue weighted by atomic mass is 10.1. The Morgan fingerprint density at radius 2 is 1.36 bits per heavy atom. The summed E-state index contributed by atoms with van der Waals surface area (Å²) in [6.45, 7) is 4.01. The van der Waals surface area contributed by atoms with Gasteiger partial charge >= 0.3 is 0 Å². The van der Waals surface area contributed by atoms with Gasteiger partial charge in [-0.3, -0.25) is 14.7 Å². The van der Waals surface area contributed by atoms with Gasteiger partial charge in [-0.2, -0.15) is 0 Å². The maximum atomic E-state index is 11.4. The Hall–Kier alpha value is -2.78. The molecule has 1 aromatic heterocycles. The summed E-state index contributed by atoms with van der Waals surface area (Å²) in [5, 5.41) is 0. The van der Waals surface area contributed by atoms with Crippen LogP contribution in [0.3, 0.4) is 0 Å². The molecule has 0 bridgehead atoms. The number of hydrogen-bond donors (Lipinski definition) is 0.